The zero-order chi connectivity index (χ0) is 10.1. The maximum Gasteiger partial charge on any atom is 0.220 e. The molecule has 78 valence electrons. The van der Waals surface area contributed by atoms with Crippen LogP contribution in [0.3, 0.4) is 0 Å². The Kier molecular flexibility index (Phi) is 7.57. The number of hydrogen-bond donors (Lipinski definition) is 3. The van der Waals surface area contributed by atoms with Crippen molar-refractivity contribution < 1.29 is 14.6 Å². The second-order valence-electron chi connectivity index (χ2n) is 2.79. The summed E-state index contributed by atoms with van der Waals surface area (Å²) in [5.74, 6) is -0.0958. The topological polar surface area (TPSA) is 84.6 Å². The van der Waals surface area contributed by atoms with Gasteiger partial charge < -0.3 is 20.9 Å². The van der Waals surface area contributed by atoms with Crippen molar-refractivity contribution in [3.63, 3.8) is 0 Å². The van der Waals surface area contributed by atoms with Gasteiger partial charge in [0.2, 0.25) is 5.91 Å². The number of aliphatic hydroxyl groups excluding tert-OH is 1. The van der Waals surface area contributed by atoms with Gasteiger partial charge in [0.15, 0.2) is 0 Å². The first kappa shape index (κ1) is 12.3. The van der Waals surface area contributed by atoms with Crippen LogP contribution in [0.1, 0.15) is 12.8 Å². The number of hydrogen-bond acceptors (Lipinski definition) is 4. The third-order valence-corrected chi connectivity index (χ3v) is 1.56. The SMILES string of the molecule is COCC(CO)NC(=O)CCCN. The molecule has 0 aromatic rings. The van der Waals surface area contributed by atoms with Gasteiger partial charge in [-0.15, -0.1) is 0 Å². The Morgan fingerprint density at radius 3 is 2.85 bits per heavy atom. The van der Waals surface area contributed by atoms with Gasteiger partial charge in [0.05, 0.1) is 19.3 Å². The number of carbonyl (C=O) groups excluding carboxylic acids is 1. The molecule has 0 aromatic heterocycles. The first-order chi connectivity index (χ1) is 6.24. The molecule has 5 heteroatoms. The van der Waals surface area contributed by atoms with Gasteiger partial charge in [0, 0.05) is 13.5 Å². The third-order valence-electron chi connectivity index (χ3n) is 1.56. The normalized spacial score (nSPS) is 12.5. The molecule has 0 radical (unpaired) electrons. The number of nitrogens with two attached hydrogens (primary N) is 1. The quantitative estimate of drug-likeness (QED) is 0.473. The van der Waals surface area contributed by atoms with Crippen molar-refractivity contribution in [2.75, 3.05) is 26.9 Å². The standard InChI is InChI=1S/C8H18N2O3/c1-13-6-7(5-11)10-8(12)3-2-4-9/h7,11H,2-6,9H2,1H3,(H,10,12). The predicted octanol–water partition coefficient (Wildman–Crippen LogP) is -1.15. The highest BCUT2D eigenvalue weighted by Crippen LogP contribution is 1.89. The second-order valence-corrected chi connectivity index (χ2v) is 2.79. The lowest BCUT2D eigenvalue weighted by Gasteiger charge is -2.14. The number of carbonyl (C=O) groups is 1. The van der Waals surface area contributed by atoms with Crippen molar-refractivity contribution in [1.82, 2.24) is 5.32 Å². The highest BCUT2D eigenvalue weighted by molar-refractivity contribution is 5.76. The van der Waals surface area contributed by atoms with Gasteiger partial charge in [-0.1, -0.05) is 0 Å². The van der Waals surface area contributed by atoms with Crippen LogP contribution in [0.2, 0.25) is 0 Å². The highest BCUT2D eigenvalue weighted by atomic mass is 16.5. The van der Waals surface area contributed by atoms with Crippen LogP contribution in [0.4, 0.5) is 0 Å². The zero-order valence-corrected chi connectivity index (χ0v) is 7.95. The molecule has 0 saturated heterocycles. The minimum absolute atomic E-state index is 0.0958. The molecule has 0 fully saturated rings. The summed E-state index contributed by atoms with van der Waals surface area (Å²) in [4.78, 5) is 11.1. The Balaban J connectivity index is 3.60. The van der Waals surface area contributed by atoms with Gasteiger partial charge in [-0.2, -0.15) is 0 Å². The van der Waals surface area contributed by atoms with Gasteiger partial charge in [0.1, 0.15) is 0 Å². The molecule has 0 spiro atoms. The molecule has 0 bridgehead atoms. The van der Waals surface area contributed by atoms with Crippen LogP contribution in [0, 0.1) is 0 Å². The van der Waals surface area contributed by atoms with Gasteiger partial charge in [0.25, 0.3) is 0 Å². The zero-order valence-electron chi connectivity index (χ0n) is 7.95. The molecule has 0 rings (SSSR count). The summed E-state index contributed by atoms with van der Waals surface area (Å²) in [5, 5.41) is 11.4. The summed E-state index contributed by atoms with van der Waals surface area (Å²) < 4.78 is 4.80. The molecule has 0 aliphatic rings. The van der Waals surface area contributed by atoms with E-state index in [9.17, 15) is 4.79 Å². The van der Waals surface area contributed by atoms with Crippen molar-refractivity contribution in [2.24, 2.45) is 5.73 Å². The van der Waals surface area contributed by atoms with E-state index in [1.807, 2.05) is 0 Å². The fourth-order valence-electron chi connectivity index (χ4n) is 0.904. The number of ether oxygens (including phenoxy) is 1. The highest BCUT2D eigenvalue weighted by Gasteiger charge is 2.09. The van der Waals surface area contributed by atoms with E-state index in [1.165, 1.54) is 7.11 Å². The van der Waals surface area contributed by atoms with Gasteiger partial charge in [-0.25, -0.2) is 0 Å². The van der Waals surface area contributed by atoms with E-state index in [0.29, 0.717) is 26.0 Å². The largest absolute Gasteiger partial charge is 0.394 e. The minimum atomic E-state index is -0.310. The monoisotopic (exact) mass is 190 g/mol. The molecule has 1 amide bonds. The number of aliphatic hydroxyl groups is 1. The Hall–Kier alpha value is -0.650. The summed E-state index contributed by atoms with van der Waals surface area (Å²) in [7, 11) is 1.52. The molecular formula is C8H18N2O3. The van der Waals surface area contributed by atoms with Crippen molar-refractivity contribution in [3.8, 4) is 0 Å². The Labute approximate surface area is 78.3 Å². The maximum absolute atomic E-state index is 11.1. The summed E-state index contributed by atoms with van der Waals surface area (Å²) in [6.45, 7) is 0.717. The molecule has 0 aromatic carbocycles. The summed E-state index contributed by atoms with van der Waals surface area (Å²) in [5.41, 5.74) is 5.24. The Bertz CT molecular complexity index is 141. The molecule has 1 atom stereocenters. The molecule has 5 nitrogen and oxygen atoms in total. The molecule has 0 saturated carbocycles. The summed E-state index contributed by atoms with van der Waals surface area (Å²) >= 11 is 0. The van der Waals surface area contributed by atoms with Crippen LogP contribution in [0.25, 0.3) is 0 Å². The number of amides is 1. The van der Waals surface area contributed by atoms with Crippen LogP contribution in [-0.2, 0) is 9.53 Å². The number of nitrogens with one attached hydrogen (secondary N) is 1. The van der Waals surface area contributed by atoms with Crippen LogP contribution in [0.15, 0.2) is 0 Å². The van der Waals surface area contributed by atoms with E-state index in [0.717, 1.165) is 0 Å². The smallest absolute Gasteiger partial charge is 0.220 e. The Morgan fingerprint density at radius 1 is 1.69 bits per heavy atom. The average molecular weight is 190 g/mol. The molecule has 0 aliphatic carbocycles. The van der Waals surface area contributed by atoms with Gasteiger partial charge >= 0.3 is 0 Å². The van der Waals surface area contributed by atoms with E-state index < -0.39 is 0 Å². The molecule has 0 heterocycles. The van der Waals surface area contributed by atoms with Crippen LogP contribution < -0.4 is 11.1 Å². The second kappa shape index (κ2) is 7.97. The van der Waals surface area contributed by atoms with Crippen molar-refractivity contribution in [1.29, 1.82) is 0 Å². The molecule has 0 aliphatic heterocycles. The van der Waals surface area contributed by atoms with Gasteiger partial charge in [-0.3, -0.25) is 4.79 Å². The summed E-state index contributed by atoms with van der Waals surface area (Å²) in [6.07, 6.45) is 1.06. The van der Waals surface area contributed by atoms with E-state index in [1.54, 1.807) is 0 Å². The minimum Gasteiger partial charge on any atom is -0.394 e. The summed E-state index contributed by atoms with van der Waals surface area (Å²) in [6, 6.07) is -0.310. The first-order valence-electron chi connectivity index (χ1n) is 4.33. The fraction of sp³-hybridized carbons (Fsp3) is 0.875. The van der Waals surface area contributed by atoms with E-state index >= 15 is 0 Å². The lowest BCUT2D eigenvalue weighted by molar-refractivity contribution is -0.122. The number of rotatable bonds is 7. The third kappa shape index (κ3) is 6.51. The lowest BCUT2D eigenvalue weighted by atomic mass is 10.2. The fourth-order valence-corrected chi connectivity index (χ4v) is 0.904. The van der Waals surface area contributed by atoms with Crippen molar-refractivity contribution in [3.05, 3.63) is 0 Å². The lowest BCUT2D eigenvalue weighted by Crippen LogP contribution is -2.40. The molecule has 4 N–H and O–H groups in total. The number of methoxy groups -OCH3 is 1. The van der Waals surface area contributed by atoms with Crippen molar-refractivity contribution in [2.45, 2.75) is 18.9 Å². The average Bonchev–Trinajstić information content (AvgIpc) is 2.14. The molecule has 13 heavy (non-hydrogen) atoms. The van der Waals surface area contributed by atoms with Crippen molar-refractivity contribution >= 4 is 5.91 Å². The van der Waals surface area contributed by atoms with Crippen LogP contribution >= 0.6 is 0 Å². The van der Waals surface area contributed by atoms with Crippen LogP contribution in [-0.4, -0.2) is 43.9 Å². The van der Waals surface area contributed by atoms with E-state index in [2.05, 4.69) is 5.32 Å². The van der Waals surface area contributed by atoms with Gasteiger partial charge in [-0.05, 0) is 13.0 Å². The molecule has 1 unspecified atom stereocenters. The Morgan fingerprint density at radius 2 is 2.38 bits per heavy atom. The maximum atomic E-state index is 11.1. The first-order valence-corrected chi connectivity index (χ1v) is 4.33. The van der Waals surface area contributed by atoms with E-state index in [4.69, 9.17) is 15.6 Å². The van der Waals surface area contributed by atoms with Crippen LogP contribution in [0.5, 0.6) is 0 Å². The molecular weight excluding hydrogens is 172 g/mol. The predicted molar refractivity (Wildman–Crippen MR) is 49.2 cm³/mol. The van der Waals surface area contributed by atoms with E-state index in [-0.39, 0.29) is 18.6 Å².